The molecular weight excluding hydrogens is 462 g/mol. The number of anilines is 1. The lowest BCUT2D eigenvalue weighted by molar-refractivity contribution is 0.0729. The normalized spacial score (nSPS) is 17.4. The smallest absolute Gasteiger partial charge is 0.345 e. The number of esters is 1. The molecule has 7 nitrogen and oxygen atoms in total. The number of amides is 1. The minimum atomic E-state index is -0.575. The molecule has 3 aromatic rings. The number of rotatable bonds is 4. The second-order valence-electron chi connectivity index (χ2n) is 8.03. The highest BCUT2D eigenvalue weighted by molar-refractivity contribution is 7.16. The quantitative estimate of drug-likeness (QED) is 0.421. The van der Waals surface area contributed by atoms with Crippen LogP contribution in [0.4, 0.5) is 5.00 Å². The number of hydrogen-bond donors (Lipinski definition) is 2. The van der Waals surface area contributed by atoms with Gasteiger partial charge in [-0.25, -0.2) is 4.79 Å². The highest BCUT2D eigenvalue weighted by Gasteiger charge is 2.33. The molecule has 0 aliphatic carbocycles. The summed E-state index contributed by atoms with van der Waals surface area (Å²) < 4.78 is 11.0. The summed E-state index contributed by atoms with van der Waals surface area (Å²) in [5.41, 5.74) is 2.96. The number of carbonyl (C=O) groups excluding carboxylic acids is 2. The van der Waals surface area contributed by atoms with Crippen molar-refractivity contribution in [3.05, 3.63) is 74.6 Å². The topological polar surface area (TPSA) is 79.9 Å². The highest BCUT2D eigenvalue weighted by Crippen LogP contribution is 2.41. The van der Waals surface area contributed by atoms with Crippen molar-refractivity contribution in [1.29, 1.82) is 0 Å². The van der Waals surface area contributed by atoms with Crippen molar-refractivity contribution < 1.29 is 19.1 Å². The first-order chi connectivity index (χ1) is 15.9. The first-order valence-corrected chi connectivity index (χ1v) is 11.7. The van der Waals surface area contributed by atoms with Crippen LogP contribution < -0.4 is 20.1 Å². The van der Waals surface area contributed by atoms with Crippen LogP contribution in [0.3, 0.4) is 0 Å². The molecule has 2 aliphatic rings. The molecule has 1 unspecified atom stereocenters. The van der Waals surface area contributed by atoms with E-state index in [9.17, 15) is 9.59 Å². The standard InChI is InChI=1S/C24H22ClN3O4S/c1-28-10-9-15-19(12-28)33-23-20(15)22(29)26-21(27-23)13-7-8-17(18(11-13)31-2)32-24(30)14-5-3-4-6-16(14)25/h3-8,11,21,27H,9-10,12H2,1-2H3,(H,26,29). The number of ether oxygens (including phenoxy) is 2. The Kier molecular flexibility index (Phi) is 5.74. The lowest BCUT2D eigenvalue weighted by atomic mass is 10.0. The number of halogens is 1. The second-order valence-corrected chi connectivity index (χ2v) is 9.54. The first-order valence-electron chi connectivity index (χ1n) is 10.5. The van der Waals surface area contributed by atoms with Gasteiger partial charge in [-0.3, -0.25) is 4.79 Å². The predicted octanol–water partition coefficient (Wildman–Crippen LogP) is 4.47. The Morgan fingerprint density at radius 1 is 1.18 bits per heavy atom. The van der Waals surface area contributed by atoms with Crippen molar-refractivity contribution in [2.24, 2.45) is 0 Å². The fourth-order valence-corrected chi connectivity index (χ4v) is 5.71. The van der Waals surface area contributed by atoms with E-state index in [0.29, 0.717) is 10.8 Å². The lowest BCUT2D eigenvalue weighted by Gasteiger charge is -2.27. The van der Waals surface area contributed by atoms with Crippen molar-refractivity contribution in [2.45, 2.75) is 19.1 Å². The number of likely N-dealkylation sites (N-methyl/N-ethyl adjacent to an activating group) is 1. The van der Waals surface area contributed by atoms with E-state index in [1.165, 1.54) is 12.0 Å². The summed E-state index contributed by atoms with van der Waals surface area (Å²) >= 11 is 7.74. The Labute approximate surface area is 200 Å². The zero-order valence-electron chi connectivity index (χ0n) is 18.1. The van der Waals surface area contributed by atoms with Crippen LogP contribution >= 0.6 is 22.9 Å². The van der Waals surface area contributed by atoms with Crippen LogP contribution in [0, 0.1) is 0 Å². The van der Waals surface area contributed by atoms with Crippen molar-refractivity contribution in [2.75, 3.05) is 26.0 Å². The molecule has 9 heteroatoms. The largest absolute Gasteiger partial charge is 0.493 e. The van der Waals surface area contributed by atoms with Gasteiger partial charge >= 0.3 is 5.97 Å². The molecule has 5 rings (SSSR count). The monoisotopic (exact) mass is 483 g/mol. The van der Waals surface area contributed by atoms with Crippen molar-refractivity contribution in [1.82, 2.24) is 10.2 Å². The number of hydrogen-bond acceptors (Lipinski definition) is 7. The van der Waals surface area contributed by atoms with Crippen LogP contribution in [0.15, 0.2) is 42.5 Å². The van der Waals surface area contributed by atoms with E-state index in [1.807, 2.05) is 0 Å². The average Bonchev–Trinajstić information content (AvgIpc) is 3.17. The molecule has 0 bridgehead atoms. The number of methoxy groups -OCH3 is 1. The van der Waals surface area contributed by atoms with Crippen molar-refractivity contribution in [3.63, 3.8) is 0 Å². The van der Waals surface area contributed by atoms with Gasteiger partial charge in [0, 0.05) is 18.0 Å². The molecule has 2 N–H and O–H groups in total. The summed E-state index contributed by atoms with van der Waals surface area (Å²) in [7, 11) is 3.59. The third kappa shape index (κ3) is 4.06. The SMILES string of the molecule is COc1cc(C2NC(=O)c3c(sc4c3CCN(C)C4)N2)ccc1OC(=O)c1ccccc1Cl. The number of fused-ring (bicyclic) bond motifs is 3. The zero-order valence-corrected chi connectivity index (χ0v) is 19.7. The molecule has 2 aliphatic heterocycles. The minimum absolute atomic E-state index is 0.0796. The number of thiophene rings is 1. The fourth-order valence-electron chi connectivity index (χ4n) is 4.14. The van der Waals surface area contributed by atoms with E-state index in [4.69, 9.17) is 21.1 Å². The average molecular weight is 484 g/mol. The molecule has 0 fully saturated rings. The molecule has 170 valence electrons. The maximum Gasteiger partial charge on any atom is 0.345 e. The van der Waals surface area contributed by atoms with Crippen LogP contribution in [-0.2, 0) is 13.0 Å². The molecule has 1 amide bonds. The number of nitrogens with one attached hydrogen (secondary N) is 2. The van der Waals surface area contributed by atoms with Crippen LogP contribution in [0.1, 0.15) is 42.9 Å². The number of nitrogens with zero attached hydrogens (tertiary/aromatic N) is 1. The maximum atomic E-state index is 13.0. The van der Waals surface area contributed by atoms with Gasteiger partial charge in [0.15, 0.2) is 11.5 Å². The van der Waals surface area contributed by atoms with Gasteiger partial charge in [-0.05, 0) is 48.9 Å². The molecule has 0 saturated heterocycles. The first kappa shape index (κ1) is 21.8. The van der Waals surface area contributed by atoms with Crippen molar-refractivity contribution >= 4 is 39.8 Å². The Hall–Kier alpha value is -3.07. The third-order valence-electron chi connectivity index (χ3n) is 5.84. The molecule has 1 atom stereocenters. The van der Waals surface area contributed by atoms with Crippen LogP contribution in [-0.4, -0.2) is 37.5 Å². The van der Waals surface area contributed by atoms with E-state index in [2.05, 4.69) is 22.6 Å². The maximum absolute atomic E-state index is 13.0. The summed E-state index contributed by atoms with van der Waals surface area (Å²) in [6.45, 7) is 1.80. The van der Waals surface area contributed by atoms with Crippen LogP contribution in [0.2, 0.25) is 5.02 Å². The van der Waals surface area contributed by atoms with Crippen molar-refractivity contribution in [3.8, 4) is 11.5 Å². The number of benzene rings is 2. The molecular formula is C24H22ClN3O4S. The van der Waals surface area contributed by atoms with Gasteiger partial charge in [0.1, 0.15) is 11.2 Å². The summed E-state index contributed by atoms with van der Waals surface area (Å²) in [5, 5.41) is 7.69. The molecule has 33 heavy (non-hydrogen) atoms. The van der Waals surface area contributed by atoms with E-state index in [1.54, 1.807) is 53.8 Å². The van der Waals surface area contributed by atoms with Crippen LogP contribution in [0.25, 0.3) is 0 Å². The van der Waals surface area contributed by atoms with Gasteiger partial charge < -0.3 is 25.0 Å². The molecule has 0 spiro atoms. The van der Waals surface area contributed by atoms with Gasteiger partial charge in [0.25, 0.3) is 5.91 Å². The predicted molar refractivity (Wildman–Crippen MR) is 128 cm³/mol. The Morgan fingerprint density at radius 3 is 2.79 bits per heavy atom. The number of carbonyl (C=O) groups is 2. The van der Waals surface area contributed by atoms with E-state index in [0.717, 1.165) is 41.2 Å². The van der Waals surface area contributed by atoms with Gasteiger partial charge in [-0.2, -0.15) is 0 Å². The van der Waals surface area contributed by atoms with Crippen LogP contribution in [0.5, 0.6) is 11.5 Å². The van der Waals surface area contributed by atoms with Gasteiger partial charge in [-0.15, -0.1) is 11.3 Å². The summed E-state index contributed by atoms with van der Waals surface area (Å²) in [6, 6.07) is 11.9. The summed E-state index contributed by atoms with van der Waals surface area (Å²) in [4.78, 5) is 29.0. The summed E-state index contributed by atoms with van der Waals surface area (Å²) in [5.74, 6) is -0.0102. The second kappa shape index (κ2) is 8.70. The Morgan fingerprint density at radius 2 is 2.00 bits per heavy atom. The third-order valence-corrected chi connectivity index (χ3v) is 7.32. The van der Waals surface area contributed by atoms with Gasteiger partial charge in [-0.1, -0.05) is 29.8 Å². The fraction of sp³-hybridized carbons (Fsp3) is 0.250. The van der Waals surface area contributed by atoms with E-state index < -0.39 is 12.1 Å². The molecule has 0 saturated carbocycles. The minimum Gasteiger partial charge on any atom is -0.493 e. The lowest BCUT2D eigenvalue weighted by Crippen LogP contribution is -2.38. The highest BCUT2D eigenvalue weighted by atomic mass is 35.5. The van der Waals surface area contributed by atoms with E-state index >= 15 is 0 Å². The zero-order chi connectivity index (χ0) is 23.1. The van der Waals surface area contributed by atoms with E-state index in [-0.39, 0.29) is 17.2 Å². The summed E-state index contributed by atoms with van der Waals surface area (Å²) in [6.07, 6.45) is 0.446. The molecule has 1 aromatic heterocycles. The molecule has 3 heterocycles. The Bertz CT molecular complexity index is 1260. The Balaban J connectivity index is 1.39. The molecule has 0 radical (unpaired) electrons. The molecule has 2 aromatic carbocycles. The van der Waals surface area contributed by atoms with Gasteiger partial charge in [0.05, 0.1) is 23.3 Å². The van der Waals surface area contributed by atoms with Gasteiger partial charge in [0.2, 0.25) is 0 Å².